The lowest BCUT2D eigenvalue weighted by molar-refractivity contribution is -0.0135. The van der Waals surface area contributed by atoms with Gasteiger partial charge in [0.15, 0.2) is 0 Å². The summed E-state index contributed by atoms with van der Waals surface area (Å²) in [6, 6.07) is 0.0823. The standard InChI is InChI=1S/C17H30N2O/c1-3-12(4-2)11-18-16(20)19-17-8-13-5-14(9-17)7-15(6-13)10-17/h12-15H,3-11H2,1-2H3,(H2,18,19,20). The number of carbonyl (C=O) groups is 1. The van der Waals surface area contributed by atoms with Crippen molar-refractivity contribution >= 4 is 6.03 Å². The van der Waals surface area contributed by atoms with Crippen molar-refractivity contribution in [2.45, 2.75) is 70.8 Å². The molecular weight excluding hydrogens is 248 g/mol. The minimum Gasteiger partial charge on any atom is -0.338 e. The molecule has 0 radical (unpaired) electrons. The molecule has 0 aromatic heterocycles. The van der Waals surface area contributed by atoms with Crippen LogP contribution in [0, 0.1) is 23.7 Å². The molecule has 2 amide bonds. The van der Waals surface area contributed by atoms with Gasteiger partial charge in [0, 0.05) is 12.1 Å². The summed E-state index contributed by atoms with van der Waals surface area (Å²) in [5.74, 6) is 3.29. The van der Waals surface area contributed by atoms with Gasteiger partial charge in [0.25, 0.3) is 0 Å². The van der Waals surface area contributed by atoms with Crippen LogP contribution >= 0.6 is 0 Å². The first-order valence-corrected chi connectivity index (χ1v) is 8.68. The lowest BCUT2D eigenvalue weighted by Gasteiger charge is -2.56. The molecule has 20 heavy (non-hydrogen) atoms. The third kappa shape index (κ3) is 2.82. The van der Waals surface area contributed by atoms with E-state index < -0.39 is 0 Å². The topological polar surface area (TPSA) is 41.1 Å². The molecule has 4 bridgehead atoms. The predicted molar refractivity (Wildman–Crippen MR) is 81.5 cm³/mol. The van der Waals surface area contributed by atoms with Gasteiger partial charge in [-0.3, -0.25) is 0 Å². The molecule has 0 spiro atoms. The van der Waals surface area contributed by atoms with E-state index in [0.717, 1.165) is 37.1 Å². The average molecular weight is 278 g/mol. The Kier molecular flexibility index (Phi) is 3.96. The van der Waals surface area contributed by atoms with Crippen molar-refractivity contribution in [3.05, 3.63) is 0 Å². The Balaban J connectivity index is 1.53. The largest absolute Gasteiger partial charge is 0.338 e. The zero-order chi connectivity index (χ0) is 14.2. The second-order valence-corrected chi connectivity index (χ2v) is 7.72. The zero-order valence-electron chi connectivity index (χ0n) is 13.1. The van der Waals surface area contributed by atoms with E-state index in [0.29, 0.717) is 5.92 Å². The predicted octanol–water partition coefficient (Wildman–Crippen LogP) is 3.69. The van der Waals surface area contributed by atoms with Gasteiger partial charge in [0.2, 0.25) is 0 Å². The molecule has 4 saturated carbocycles. The molecule has 0 aliphatic heterocycles. The van der Waals surface area contributed by atoms with Crippen LogP contribution in [0.5, 0.6) is 0 Å². The van der Waals surface area contributed by atoms with Crippen LogP contribution in [-0.2, 0) is 0 Å². The summed E-state index contributed by atoms with van der Waals surface area (Å²) in [4.78, 5) is 12.2. The molecule has 0 atom stereocenters. The molecule has 114 valence electrons. The molecule has 0 aromatic carbocycles. The number of carbonyl (C=O) groups excluding carboxylic acids is 1. The molecule has 4 rings (SSSR count). The van der Waals surface area contributed by atoms with Gasteiger partial charge in [-0.05, 0) is 62.2 Å². The van der Waals surface area contributed by atoms with Crippen LogP contribution in [0.15, 0.2) is 0 Å². The van der Waals surface area contributed by atoms with Crippen LogP contribution < -0.4 is 10.6 Å². The first kappa shape index (κ1) is 14.2. The Morgan fingerprint density at radius 1 is 1.05 bits per heavy atom. The lowest BCUT2D eigenvalue weighted by atomic mass is 9.53. The Hall–Kier alpha value is -0.730. The van der Waals surface area contributed by atoms with E-state index in [2.05, 4.69) is 24.5 Å². The van der Waals surface area contributed by atoms with Gasteiger partial charge in [-0.1, -0.05) is 26.7 Å². The van der Waals surface area contributed by atoms with E-state index in [1.165, 1.54) is 38.5 Å². The van der Waals surface area contributed by atoms with E-state index in [-0.39, 0.29) is 11.6 Å². The maximum atomic E-state index is 12.2. The molecule has 4 aliphatic carbocycles. The van der Waals surface area contributed by atoms with Crippen molar-refractivity contribution in [3.8, 4) is 0 Å². The number of nitrogens with one attached hydrogen (secondary N) is 2. The number of amides is 2. The number of urea groups is 1. The fraction of sp³-hybridized carbons (Fsp3) is 0.941. The van der Waals surface area contributed by atoms with Crippen LogP contribution in [0.25, 0.3) is 0 Å². The van der Waals surface area contributed by atoms with Crippen molar-refractivity contribution in [2.24, 2.45) is 23.7 Å². The van der Waals surface area contributed by atoms with Gasteiger partial charge in [-0.2, -0.15) is 0 Å². The highest BCUT2D eigenvalue weighted by Crippen LogP contribution is 2.55. The third-order valence-electron chi connectivity index (χ3n) is 6.12. The highest BCUT2D eigenvalue weighted by Gasteiger charge is 2.51. The van der Waals surface area contributed by atoms with Crippen molar-refractivity contribution in [1.29, 1.82) is 0 Å². The Morgan fingerprint density at radius 2 is 1.55 bits per heavy atom. The zero-order valence-corrected chi connectivity index (χ0v) is 13.1. The monoisotopic (exact) mass is 278 g/mol. The fourth-order valence-corrected chi connectivity index (χ4v) is 5.36. The van der Waals surface area contributed by atoms with Gasteiger partial charge in [0.1, 0.15) is 0 Å². The maximum absolute atomic E-state index is 12.2. The van der Waals surface area contributed by atoms with Crippen molar-refractivity contribution in [2.75, 3.05) is 6.54 Å². The molecule has 0 aromatic rings. The second kappa shape index (κ2) is 5.57. The van der Waals surface area contributed by atoms with Crippen LogP contribution in [0.3, 0.4) is 0 Å². The molecule has 0 heterocycles. The summed E-state index contributed by atoms with van der Waals surface area (Å²) in [5.41, 5.74) is 0.146. The average Bonchev–Trinajstić information content (AvgIpc) is 2.37. The minimum absolute atomic E-state index is 0.0823. The van der Waals surface area contributed by atoms with Gasteiger partial charge in [-0.15, -0.1) is 0 Å². The fourth-order valence-electron chi connectivity index (χ4n) is 5.36. The normalized spacial score (nSPS) is 38.2. The number of hydrogen-bond donors (Lipinski definition) is 2. The molecular formula is C17H30N2O. The molecule has 4 aliphatic rings. The summed E-state index contributed by atoms with van der Waals surface area (Å²) >= 11 is 0. The van der Waals surface area contributed by atoms with Crippen molar-refractivity contribution in [1.82, 2.24) is 10.6 Å². The third-order valence-corrected chi connectivity index (χ3v) is 6.12. The first-order chi connectivity index (χ1) is 9.62. The van der Waals surface area contributed by atoms with Crippen LogP contribution in [0.2, 0.25) is 0 Å². The van der Waals surface area contributed by atoms with Gasteiger partial charge in [-0.25, -0.2) is 4.79 Å². The molecule has 0 saturated heterocycles. The number of rotatable bonds is 5. The van der Waals surface area contributed by atoms with Crippen molar-refractivity contribution < 1.29 is 4.79 Å². The number of hydrogen-bond acceptors (Lipinski definition) is 1. The van der Waals surface area contributed by atoms with E-state index in [1.54, 1.807) is 0 Å². The Morgan fingerprint density at radius 3 is 2.00 bits per heavy atom. The Bertz CT molecular complexity index is 327. The van der Waals surface area contributed by atoms with Gasteiger partial charge in [0.05, 0.1) is 0 Å². The summed E-state index contributed by atoms with van der Waals surface area (Å²) in [5, 5.41) is 6.49. The van der Waals surface area contributed by atoms with E-state index in [1.807, 2.05) is 0 Å². The Labute approximate surface area is 123 Å². The quantitative estimate of drug-likeness (QED) is 0.791. The highest BCUT2D eigenvalue weighted by molar-refractivity contribution is 5.74. The van der Waals surface area contributed by atoms with Crippen molar-refractivity contribution in [3.63, 3.8) is 0 Å². The van der Waals surface area contributed by atoms with Crippen LogP contribution in [0.4, 0.5) is 4.79 Å². The minimum atomic E-state index is 0.0823. The molecule has 2 N–H and O–H groups in total. The summed E-state index contributed by atoms with van der Waals surface area (Å²) < 4.78 is 0. The highest BCUT2D eigenvalue weighted by atomic mass is 16.2. The lowest BCUT2D eigenvalue weighted by Crippen LogP contribution is -2.61. The van der Waals surface area contributed by atoms with Gasteiger partial charge >= 0.3 is 6.03 Å². The SMILES string of the molecule is CCC(CC)CNC(=O)NC12CC3CC(CC(C3)C1)C2. The molecule has 3 heteroatoms. The molecule has 3 nitrogen and oxygen atoms in total. The van der Waals surface area contributed by atoms with E-state index in [9.17, 15) is 4.79 Å². The summed E-state index contributed by atoms with van der Waals surface area (Å²) in [6.45, 7) is 5.23. The van der Waals surface area contributed by atoms with Crippen LogP contribution in [0.1, 0.15) is 65.2 Å². The molecule has 4 fully saturated rings. The summed E-state index contributed by atoms with van der Waals surface area (Å²) in [7, 11) is 0. The van der Waals surface area contributed by atoms with E-state index in [4.69, 9.17) is 0 Å². The molecule has 0 unspecified atom stereocenters. The smallest absolute Gasteiger partial charge is 0.315 e. The summed E-state index contributed by atoms with van der Waals surface area (Å²) in [6.07, 6.45) is 10.3. The first-order valence-electron chi connectivity index (χ1n) is 8.68. The van der Waals surface area contributed by atoms with E-state index >= 15 is 0 Å². The van der Waals surface area contributed by atoms with Crippen LogP contribution in [-0.4, -0.2) is 18.1 Å². The second-order valence-electron chi connectivity index (χ2n) is 7.72. The maximum Gasteiger partial charge on any atom is 0.315 e. The van der Waals surface area contributed by atoms with Gasteiger partial charge < -0.3 is 10.6 Å².